The van der Waals surface area contributed by atoms with Gasteiger partial charge in [-0.15, -0.1) is 5.10 Å². The molecule has 7 heteroatoms. The Bertz CT molecular complexity index is 911. The molecule has 1 heterocycles. The molecule has 0 aliphatic heterocycles. The van der Waals surface area contributed by atoms with Crippen molar-refractivity contribution in [2.24, 2.45) is 5.92 Å². The number of hydrogen-bond acceptors (Lipinski definition) is 4. The fourth-order valence-corrected chi connectivity index (χ4v) is 3.01. The fourth-order valence-electron chi connectivity index (χ4n) is 3.01. The molecular weight excluding hydrogens is 368 g/mol. The maximum Gasteiger partial charge on any atom is 0.305 e. The quantitative estimate of drug-likeness (QED) is 0.634. The van der Waals surface area contributed by atoms with E-state index in [-0.39, 0.29) is 30.6 Å². The Labute approximate surface area is 169 Å². The molecule has 0 aliphatic rings. The maximum atomic E-state index is 13.1. The van der Waals surface area contributed by atoms with E-state index in [9.17, 15) is 9.59 Å². The zero-order valence-corrected chi connectivity index (χ0v) is 16.5. The number of carboxylic acid groups (broad SMARTS) is 1. The number of carbonyl (C=O) groups excluding carboxylic acids is 1. The van der Waals surface area contributed by atoms with Crippen molar-refractivity contribution in [3.05, 3.63) is 66.5 Å². The van der Waals surface area contributed by atoms with Gasteiger partial charge in [-0.25, -0.2) is 9.67 Å². The number of amides is 1. The third-order valence-electron chi connectivity index (χ3n) is 4.30. The van der Waals surface area contributed by atoms with Gasteiger partial charge in [0.05, 0.1) is 12.1 Å². The lowest BCUT2D eigenvalue weighted by molar-refractivity contribution is -0.137. The molecular formula is C22H24N4O3. The van der Waals surface area contributed by atoms with Crippen LogP contribution in [-0.2, 0) is 4.79 Å². The molecule has 1 amide bonds. The van der Waals surface area contributed by atoms with Gasteiger partial charge < -0.3 is 10.0 Å². The number of para-hydroxylation sites is 1. The summed E-state index contributed by atoms with van der Waals surface area (Å²) in [7, 11) is 0. The average molecular weight is 392 g/mol. The predicted molar refractivity (Wildman–Crippen MR) is 110 cm³/mol. The monoisotopic (exact) mass is 392 g/mol. The van der Waals surface area contributed by atoms with Crippen molar-refractivity contribution in [2.75, 3.05) is 13.1 Å². The summed E-state index contributed by atoms with van der Waals surface area (Å²) >= 11 is 0. The molecule has 0 saturated heterocycles. The van der Waals surface area contributed by atoms with Gasteiger partial charge in [0.2, 0.25) is 5.82 Å². The first-order valence-electron chi connectivity index (χ1n) is 9.54. The molecule has 29 heavy (non-hydrogen) atoms. The largest absolute Gasteiger partial charge is 0.481 e. The van der Waals surface area contributed by atoms with E-state index < -0.39 is 5.97 Å². The van der Waals surface area contributed by atoms with Crippen LogP contribution in [0.25, 0.3) is 17.1 Å². The Kier molecular flexibility index (Phi) is 6.39. The van der Waals surface area contributed by atoms with Gasteiger partial charge in [-0.2, -0.15) is 0 Å². The summed E-state index contributed by atoms with van der Waals surface area (Å²) in [5, 5.41) is 13.5. The van der Waals surface area contributed by atoms with E-state index in [0.29, 0.717) is 12.4 Å². The van der Waals surface area contributed by atoms with Crippen LogP contribution in [-0.4, -0.2) is 49.7 Å². The second kappa shape index (κ2) is 9.14. The fraction of sp³-hybridized carbons (Fsp3) is 0.273. The van der Waals surface area contributed by atoms with Crippen molar-refractivity contribution >= 4 is 11.9 Å². The van der Waals surface area contributed by atoms with Crippen molar-refractivity contribution in [1.29, 1.82) is 0 Å². The van der Waals surface area contributed by atoms with Gasteiger partial charge in [0.1, 0.15) is 0 Å². The van der Waals surface area contributed by atoms with Gasteiger partial charge in [0.25, 0.3) is 5.91 Å². The Balaban J connectivity index is 2.01. The Morgan fingerprint density at radius 1 is 1.03 bits per heavy atom. The number of aromatic nitrogens is 3. The second-order valence-electron chi connectivity index (χ2n) is 7.16. The van der Waals surface area contributed by atoms with Crippen molar-refractivity contribution in [2.45, 2.75) is 20.3 Å². The van der Waals surface area contributed by atoms with Gasteiger partial charge in [-0.05, 0) is 18.1 Å². The first kappa shape index (κ1) is 20.3. The first-order valence-corrected chi connectivity index (χ1v) is 9.54. The molecule has 1 N–H and O–H groups in total. The van der Waals surface area contributed by atoms with E-state index >= 15 is 0 Å². The zero-order valence-electron chi connectivity index (χ0n) is 16.5. The van der Waals surface area contributed by atoms with Crippen molar-refractivity contribution < 1.29 is 14.7 Å². The lowest BCUT2D eigenvalue weighted by atomic mass is 10.2. The van der Waals surface area contributed by atoms with Crippen molar-refractivity contribution in [1.82, 2.24) is 19.7 Å². The second-order valence-corrected chi connectivity index (χ2v) is 7.16. The zero-order chi connectivity index (χ0) is 20.8. The van der Waals surface area contributed by atoms with Gasteiger partial charge >= 0.3 is 5.97 Å². The molecule has 0 saturated carbocycles. The summed E-state index contributed by atoms with van der Waals surface area (Å²) in [4.78, 5) is 30.2. The molecule has 0 fully saturated rings. The van der Waals surface area contributed by atoms with Crippen LogP contribution >= 0.6 is 0 Å². The van der Waals surface area contributed by atoms with Crippen molar-refractivity contribution in [3.63, 3.8) is 0 Å². The summed E-state index contributed by atoms with van der Waals surface area (Å²) < 4.78 is 1.65. The minimum Gasteiger partial charge on any atom is -0.481 e. The van der Waals surface area contributed by atoms with Crippen LogP contribution in [0.15, 0.2) is 60.7 Å². The van der Waals surface area contributed by atoms with Crippen LogP contribution in [0, 0.1) is 5.92 Å². The summed E-state index contributed by atoms with van der Waals surface area (Å²) in [6.07, 6.45) is -0.122. The molecule has 0 radical (unpaired) electrons. The number of carbonyl (C=O) groups is 2. The minimum atomic E-state index is -0.945. The Hall–Kier alpha value is -3.48. The minimum absolute atomic E-state index is 0.0544. The van der Waals surface area contributed by atoms with Crippen molar-refractivity contribution in [3.8, 4) is 17.1 Å². The first-order chi connectivity index (χ1) is 14.0. The predicted octanol–water partition coefficient (Wildman–Crippen LogP) is 3.51. The number of nitrogens with zero attached hydrogens (tertiary/aromatic N) is 4. The average Bonchev–Trinajstić information content (AvgIpc) is 3.17. The molecule has 0 bridgehead atoms. The highest BCUT2D eigenvalue weighted by Crippen LogP contribution is 2.21. The lowest BCUT2D eigenvalue weighted by Crippen LogP contribution is -2.36. The molecule has 7 nitrogen and oxygen atoms in total. The third kappa shape index (κ3) is 5.07. The van der Waals surface area contributed by atoms with E-state index in [4.69, 9.17) is 5.11 Å². The molecule has 2 aromatic carbocycles. The maximum absolute atomic E-state index is 13.1. The van der Waals surface area contributed by atoms with Gasteiger partial charge in [-0.3, -0.25) is 9.59 Å². The molecule has 0 unspecified atom stereocenters. The van der Waals surface area contributed by atoms with Crippen LogP contribution in [0.3, 0.4) is 0 Å². The van der Waals surface area contributed by atoms with Gasteiger partial charge in [0.15, 0.2) is 5.82 Å². The number of hydrogen-bond donors (Lipinski definition) is 1. The van der Waals surface area contributed by atoms with E-state index in [0.717, 1.165) is 11.3 Å². The van der Waals surface area contributed by atoms with E-state index in [1.165, 1.54) is 4.90 Å². The Morgan fingerprint density at radius 2 is 1.66 bits per heavy atom. The van der Waals surface area contributed by atoms with Gasteiger partial charge in [-0.1, -0.05) is 62.4 Å². The number of carboxylic acids is 1. The van der Waals surface area contributed by atoms with Crippen LogP contribution in [0.5, 0.6) is 0 Å². The van der Waals surface area contributed by atoms with Crippen LogP contribution in [0.1, 0.15) is 30.9 Å². The summed E-state index contributed by atoms with van der Waals surface area (Å²) in [6, 6.07) is 19.0. The number of benzene rings is 2. The van der Waals surface area contributed by atoms with Crippen LogP contribution in [0.2, 0.25) is 0 Å². The highest BCUT2D eigenvalue weighted by molar-refractivity contribution is 5.91. The lowest BCUT2D eigenvalue weighted by Gasteiger charge is -2.22. The SMILES string of the molecule is CC(C)CN(CCC(=O)O)C(=O)c1nc(-c2ccccc2)n(-c2ccccc2)n1. The number of rotatable bonds is 8. The molecule has 3 aromatic rings. The van der Waals surface area contributed by atoms with Crippen LogP contribution in [0.4, 0.5) is 0 Å². The highest BCUT2D eigenvalue weighted by atomic mass is 16.4. The van der Waals surface area contributed by atoms with E-state index in [2.05, 4.69) is 10.1 Å². The van der Waals surface area contributed by atoms with Crippen LogP contribution < -0.4 is 0 Å². The molecule has 150 valence electrons. The van der Waals surface area contributed by atoms with E-state index in [1.54, 1.807) is 4.68 Å². The molecule has 0 aliphatic carbocycles. The summed E-state index contributed by atoms with van der Waals surface area (Å²) in [5.74, 6) is -0.509. The van der Waals surface area contributed by atoms with Gasteiger partial charge in [0, 0.05) is 18.7 Å². The molecule has 0 atom stereocenters. The number of aliphatic carboxylic acids is 1. The highest BCUT2D eigenvalue weighted by Gasteiger charge is 2.24. The normalized spacial score (nSPS) is 10.9. The molecule has 0 spiro atoms. The standard InChI is InChI=1S/C22H24N4O3/c1-16(2)15-25(14-13-19(27)28)22(29)20-23-21(17-9-5-3-6-10-17)26(24-20)18-11-7-4-8-12-18/h3-12,16H,13-15H2,1-2H3,(H,27,28). The summed E-state index contributed by atoms with van der Waals surface area (Å²) in [6.45, 7) is 4.51. The summed E-state index contributed by atoms with van der Waals surface area (Å²) in [5.41, 5.74) is 1.63. The Morgan fingerprint density at radius 3 is 2.24 bits per heavy atom. The van der Waals surface area contributed by atoms with E-state index in [1.807, 2.05) is 74.5 Å². The third-order valence-corrected chi connectivity index (χ3v) is 4.30. The molecule has 1 aromatic heterocycles. The smallest absolute Gasteiger partial charge is 0.305 e. The topological polar surface area (TPSA) is 88.3 Å². The molecule has 3 rings (SSSR count).